The molecule has 0 spiro atoms. The van der Waals surface area contributed by atoms with E-state index in [1.54, 1.807) is 16.8 Å². The molecular weight excluding hydrogens is 373 g/mol. The molecule has 2 aromatic carbocycles. The average Bonchev–Trinajstić information content (AvgIpc) is 3.04. The van der Waals surface area contributed by atoms with Crippen molar-refractivity contribution in [3.63, 3.8) is 0 Å². The van der Waals surface area contributed by atoms with Gasteiger partial charge < -0.3 is 10.5 Å². The van der Waals surface area contributed by atoms with Gasteiger partial charge in [-0.05, 0) is 36.8 Å². The van der Waals surface area contributed by atoms with Gasteiger partial charge in [-0.1, -0.05) is 30.3 Å². The van der Waals surface area contributed by atoms with Crippen molar-refractivity contribution < 1.29 is 9.13 Å². The van der Waals surface area contributed by atoms with E-state index >= 15 is 0 Å². The van der Waals surface area contributed by atoms with Gasteiger partial charge in [0.2, 0.25) is 11.8 Å². The molecule has 0 fully saturated rings. The summed E-state index contributed by atoms with van der Waals surface area (Å²) in [6.45, 7) is 1.87. The van der Waals surface area contributed by atoms with E-state index in [2.05, 4.69) is 15.1 Å². The standard InChI is InChI=1S/C21H16FN5O2/c1-11-15-16(12-7-9-13(22)10-8-12)17-18(23)24-21(28)25-19(17)29-20(15)27(26-11)14-5-3-2-4-6-14/h2-10,16H,1H3,(H3,23,24,25,28). The van der Waals surface area contributed by atoms with E-state index in [4.69, 9.17) is 10.5 Å². The van der Waals surface area contributed by atoms with E-state index in [0.29, 0.717) is 11.4 Å². The number of halogens is 1. The molecule has 0 saturated carbocycles. The highest BCUT2D eigenvalue weighted by Crippen LogP contribution is 2.49. The summed E-state index contributed by atoms with van der Waals surface area (Å²) in [5.41, 5.74) is 9.17. The fourth-order valence-electron chi connectivity index (χ4n) is 3.75. The van der Waals surface area contributed by atoms with E-state index in [-0.39, 0.29) is 17.5 Å². The maximum absolute atomic E-state index is 13.6. The molecule has 3 heterocycles. The van der Waals surface area contributed by atoms with Crippen molar-refractivity contribution in [1.29, 1.82) is 0 Å². The van der Waals surface area contributed by atoms with Gasteiger partial charge in [0.15, 0.2) is 0 Å². The van der Waals surface area contributed by atoms with Crippen molar-refractivity contribution in [3.05, 3.63) is 93.3 Å². The molecule has 0 radical (unpaired) electrons. The molecule has 0 amide bonds. The van der Waals surface area contributed by atoms with Gasteiger partial charge in [-0.15, -0.1) is 0 Å². The van der Waals surface area contributed by atoms with Gasteiger partial charge in [0.25, 0.3) is 0 Å². The molecule has 1 aliphatic heterocycles. The van der Waals surface area contributed by atoms with Crippen LogP contribution >= 0.6 is 0 Å². The van der Waals surface area contributed by atoms with Crippen LogP contribution in [0.4, 0.5) is 10.2 Å². The first-order chi connectivity index (χ1) is 14.0. The number of fused-ring (bicyclic) bond motifs is 2. The second kappa shape index (κ2) is 6.30. The van der Waals surface area contributed by atoms with Crippen molar-refractivity contribution in [3.8, 4) is 17.4 Å². The first kappa shape index (κ1) is 17.2. The van der Waals surface area contributed by atoms with Crippen molar-refractivity contribution in [2.75, 3.05) is 5.73 Å². The van der Waals surface area contributed by atoms with Gasteiger partial charge in [0.1, 0.15) is 11.6 Å². The molecule has 0 saturated heterocycles. The quantitative estimate of drug-likeness (QED) is 0.483. The van der Waals surface area contributed by atoms with Gasteiger partial charge in [-0.25, -0.2) is 13.9 Å². The number of hydrogen-bond acceptors (Lipinski definition) is 5. The van der Waals surface area contributed by atoms with Crippen molar-refractivity contribution in [2.45, 2.75) is 12.8 Å². The Kier molecular flexibility index (Phi) is 3.73. The number of rotatable bonds is 2. The fourth-order valence-corrected chi connectivity index (χ4v) is 3.75. The number of nitrogens with one attached hydrogen (secondary N) is 1. The van der Waals surface area contributed by atoms with Gasteiger partial charge in [-0.2, -0.15) is 10.1 Å². The molecule has 1 aliphatic rings. The minimum Gasteiger partial charge on any atom is -0.420 e. The van der Waals surface area contributed by atoms with Crippen LogP contribution in [0.1, 0.15) is 28.3 Å². The lowest BCUT2D eigenvalue weighted by Crippen LogP contribution is -2.22. The van der Waals surface area contributed by atoms with Gasteiger partial charge >= 0.3 is 5.69 Å². The summed E-state index contributed by atoms with van der Waals surface area (Å²) < 4.78 is 21.3. The Morgan fingerprint density at radius 1 is 1.10 bits per heavy atom. The summed E-state index contributed by atoms with van der Waals surface area (Å²) in [5, 5.41) is 4.65. The number of ether oxygens (including phenoxy) is 1. The Bertz CT molecular complexity index is 1280. The Balaban J connectivity index is 1.81. The molecule has 144 valence electrons. The average molecular weight is 389 g/mol. The maximum Gasteiger partial charge on any atom is 0.349 e. The lowest BCUT2D eigenvalue weighted by atomic mass is 9.84. The largest absolute Gasteiger partial charge is 0.420 e. The van der Waals surface area contributed by atoms with Gasteiger partial charge in [0.05, 0.1) is 28.4 Å². The number of aryl methyl sites for hydroxylation is 1. The Hall–Kier alpha value is -3.94. The zero-order chi connectivity index (χ0) is 20.1. The zero-order valence-electron chi connectivity index (χ0n) is 15.4. The fraction of sp³-hybridized carbons (Fsp3) is 0.0952. The molecule has 1 atom stereocenters. The molecule has 8 heteroatoms. The van der Waals surface area contributed by atoms with Crippen LogP contribution in [0.5, 0.6) is 11.8 Å². The minimum atomic E-state index is -0.606. The summed E-state index contributed by atoms with van der Waals surface area (Å²) >= 11 is 0. The number of aromatic nitrogens is 4. The molecule has 3 N–H and O–H groups in total. The van der Waals surface area contributed by atoms with E-state index < -0.39 is 11.6 Å². The SMILES string of the molecule is Cc1nn(-c2ccccc2)c2c1C(c1ccc(F)cc1)c1c(nc(=O)[nH]c1N)O2. The number of benzene rings is 2. The predicted molar refractivity (Wildman–Crippen MR) is 105 cm³/mol. The Labute approximate surface area is 164 Å². The summed E-state index contributed by atoms with van der Waals surface area (Å²) in [7, 11) is 0. The first-order valence-corrected chi connectivity index (χ1v) is 9.01. The second-order valence-corrected chi connectivity index (χ2v) is 6.81. The molecule has 7 nitrogen and oxygen atoms in total. The highest BCUT2D eigenvalue weighted by molar-refractivity contribution is 5.63. The van der Waals surface area contributed by atoms with Crippen molar-refractivity contribution >= 4 is 5.82 Å². The number of hydrogen-bond donors (Lipinski definition) is 2. The first-order valence-electron chi connectivity index (χ1n) is 9.01. The van der Waals surface area contributed by atoms with E-state index in [9.17, 15) is 9.18 Å². The number of H-pyrrole nitrogens is 1. The molecule has 2 aromatic heterocycles. The number of nitrogen functional groups attached to an aromatic ring is 1. The molecule has 29 heavy (non-hydrogen) atoms. The van der Waals surface area contributed by atoms with Crippen LogP contribution in [0.2, 0.25) is 0 Å². The third-order valence-electron chi connectivity index (χ3n) is 5.00. The van der Waals surface area contributed by atoms with Crippen LogP contribution in [0.3, 0.4) is 0 Å². The van der Waals surface area contributed by atoms with Crippen LogP contribution in [-0.4, -0.2) is 19.7 Å². The van der Waals surface area contributed by atoms with Crippen LogP contribution in [0.25, 0.3) is 5.69 Å². The minimum absolute atomic E-state index is 0.116. The highest BCUT2D eigenvalue weighted by atomic mass is 19.1. The summed E-state index contributed by atoms with van der Waals surface area (Å²) in [5.74, 6) is -0.0355. The Morgan fingerprint density at radius 2 is 1.83 bits per heavy atom. The summed E-state index contributed by atoms with van der Waals surface area (Å²) in [6.07, 6.45) is 0. The highest BCUT2D eigenvalue weighted by Gasteiger charge is 2.37. The topological polar surface area (TPSA) is 98.8 Å². The molecule has 0 aliphatic carbocycles. The third-order valence-corrected chi connectivity index (χ3v) is 5.00. The van der Waals surface area contributed by atoms with Crippen molar-refractivity contribution in [1.82, 2.24) is 19.7 Å². The van der Waals surface area contributed by atoms with E-state index in [1.165, 1.54) is 12.1 Å². The van der Waals surface area contributed by atoms with Gasteiger partial charge in [0, 0.05) is 0 Å². The number of para-hydroxylation sites is 1. The third kappa shape index (κ3) is 2.68. The lowest BCUT2D eigenvalue weighted by Gasteiger charge is -2.27. The zero-order valence-corrected chi connectivity index (χ0v) is 15.4. The molecule has 1 unspecified atom stereocenters. The molecule has 4 aromatic rings. The van der Waals surface area contributed by atoms with Crippen LogP contribution in [0, 0.1) is 12.7 Å². The molecule has 5 rings (SSSR count). The molecular formula is C21H16FN5O2. The van der Waals surface area contributed by atoms with Crippen molar-refractivity contribution in [2.24, 2.45) is 0 Å². The van der Waals surface area contributed by atoms with Gasteiger partial charge in [-0.3, -0.25) is 4.98 Å². The number of anilines is 1. The monoisotopic (exact) mass is 389 g/mol. The number of nitrogens with zero attached hydrogens (tertiary/aromatic N) is 3. The maximum atomic E-state index is 13.6. The summed E-state index contributed by atoms with van der Waals surface area (Å²) in [6, 6.07) is 15.6. The lowest BCUT2D eigenvalue weighted by molar-refractivity contribution is 0.401. The predicted octanol–water partition coefficient (Wildman–Crippen LogP) is 3.27. The second-order valence-electron chi connectivity index (χ2n) is 6.81. The number of nitrogens with two attached hydrogens (primary N) is 1. The van der Waals surface area contributed by atoms with E-state index in [1.807, 2.05) is 37.3 Å². The normalized spacial score (nSPS) is 14.8. The van der Waals surface area contributed by atoms with Crippen LogP contribution in [-0.2, 0) is 0 Å². The number of aromatic amines is 1. The summed E-state index contributed by atoms with van der Waals surface area (Å²) in [4.78, 5) is 18.4. The van der Waals surface area contributed by atoms with Crippen LogP contribution < -0.4 is 16.2 Å². The van der Waals surface area contributed by atoms with Crippen LogP contribution in [0.15, 0.2) is 59.4 Å². The Morgan fingerprint density at radius 3 is 2.55 bits per heavy atom. The van der Waals surface area contributed by atoms with E-state index in [0.717, 1.165) is 22.5 Å². The molecule has 0 bridgehead atoms. The smallest absolute Gasteiger partial charge is 0.349 e.